The molecule has 0 unspecified atom stereocenters. The van der Waals surface area contributed by atoms with E-state index in [4.69, 9.17) is 25.8 Å². The number of urea groups is 1. The summed E-state index contributed by atoms with van der Waals surface area (Å²) in [7, 11) is 0.178. The molecule has 1 aliphatic heterocycles. The van der Waals surface area contributed by atoms with E-state index in [-0.39, 0.29) is 16.2 Å². The highest BCUT2D eigenvalue weighted by molar-refractivity contribution is 7.91. The lowest BCUT2D eigenvalue weighted by atomic mass is 9.95. The van der Waals surface area contributed by atoms with Crippen LogP contribution in [-0.4, -0.2) is 47.5 Å². The number of sulfone groups is 1. The summed E-state index contributed by atoms with van der Waals surface area (Å²) in [6.45, 7) is 0. The Labute approximate surface area is 190 Å². The molecule has 1 aliphatic rings. The summed E-state index contributed by atoms with van der Waals surface area (Å²) in [4.78, 5) is 25.0. The van der Waals surface area contributed by atoms with E-state index in [0.29, 0.717) is 22.1 Å². The molecule has 2 aromatic carbocycles. The number of nitrogens with one attached hydrogen (secondary N) is 2. The molecule has 11 heteroatoms. The fourth-order valence-electron chi connectivity index (χ4n) is 3.28. The number of hydrogen-bond donors (Lipinski definition) is 2. The van der Waals surface area contributed by atoms with Crippen LogP contribution in [0.1, 0.15) is 11.6 Å². The Kier molecular flexibility index (Phi) is 6.95. The van der Waals surface area contributed by atoms with Crippen molar-refractivity contribution in [2.45, 2.75) is 10.9 Å². The standard InChI is InChI=1S/C21H21ClN2O7S/c1-29-16-9-4-12(10-17(16)30-2)19-18(20(25)31-3)15(23-21(26)24-19)11-32(27,28)14-7-5-13(22)6-8-14/h4-10,19H,11H2,1-3H3,(H2,23,24,26)/t19-/m1/s1. The van der Waals surface area contributed by atoms with Gasteiger partial charge in [0.2, 0.25) is 0 Å². The summed E-state index contributed by atoms with van der Waals surface area (Å²) in [6, 6.07) is 8.77. The van der Waals surface area contributed by atoms with Gasteiger partial charge in [0.15, 0.2) is 21.3 Å². The fourth-order valence-corrected chi connectivity index (χ4v) is 4.73. The Morgan fingerprint density at radius 1 is 1.03 bits per heavy atom. The summed E-state index contributed by atoms with van der Waals surface area (Å²) in [5.74, 6) is -0.599. The molecule has 0 radical (unpaired) electrons. The van der Waals surface area contributed by atoms with Gasteiger partial charge < -0.3 is 24.8 Å². The highest BCUT2D eigenvalue weighted by atomic mass is 35.5. The van der Waals surface area contributed by atoms with Gasteiger partial charge in [0.05, 0.1) is 43.6 Å². The summed E-state index contributed by atoms with van der Waals surface area (Å²) < 4.78 is 41.3. The second kappa shape index (κ2) is 9.49. The highest BCUT2D eigenvalue weighted by Gasteiger charge is 2.36. The van der Waals surface area contributed by atoms with E-state index in [9.17, 15) is 18.0 Å². The van der Waals surface area contributed by atoms with E-state index in [1.165, 1.54) is 45.6 Å². The molecule has 1 atom stereocenters. The van der Waals surface area contributed by atoms with Crippen LogP contribution in [0.3, 0.4) is 0 Å². The van der Waals surface area contributed by atoms with Crippen LogP contribution in [0.15, 0.2) is 58.6 Å². The lowest BCUT2D eigenvalue weighted by molar-refractivity contribution is -0.136. The summed E-state index contributed by atoms with van der Waals surface area (Å²) >= 11 is 5.84. The second-order valence-electron chi connectivity index (χ2n) is 6.74. The number of methoxy groups -OCH3 is 3. The number of benzene rings is 2. The zero-order valence-electron chi connectivity index (χ0n) is 17.5. The van der Waals surface area contributed by atoms with Gasteiger partial charge in [-0.25, -0.2) is 18.0 Å². The summed E-state index contributed by atoms with van der Waals surface area (Å²) in [5.41, 5.74) is 0.339. The van der Waals surface area contributed by atoms with Crippen molar-refractivity contribution in [3.63, 3.8) is 0 Å². The van der Waals surface area contributed by atoms with Gasteiger partial charge in [0.25, 0.3) is 0 Å². The Bertz CT molecular complexity index is 1180. The molecule has 170 valence electrons. The zero-order chi connectivity index (χ0) is 23.5. The molecular formula is C21H21ClN2O7S. The first-order valence-electron chi connectivity index (χ1n) is 9.29. The van der Waals surface area contributed by atoms with Crippen LogP contribution in [-0.2, 0) is 19.4 Å². The maximum absolute atomic E-state index is 13.0. The molecule has 1 heterocycles. The highest BCUT2D eigenvalue weighted by Crippen LogP contribution is 2.35. The Hall–Kier alpha value is -3.24. The van der Waals surface area contributed by atoms with Gasteiger partial charge in [0, 0.05) is 10.7 Å². The molecule has 0 saturated carbocycles. The molecule has 0 aromatic heterocycles. The number of halogens is 1. The third-order valence-electron chi connectivity index (χ3n) is 4.81. The molecule has 2 N–H and O–H groups in total. The quantitative estimate of drug-likeness (QED) is 0.584. The van der Waals surface area contributed by atoms with Gasteiger partial charge in [-0.15, -0.1) is 0 Å². The van der Waals surface area contributed by atoms with E-state index in [1.54, 1.807) is 18.2 Å². The third kappa shape index (κ3) is 4.81. The lowest BCUT2D eigenvalue weighted by Crippen LogP contribution is -2.47. The number of hydrogen-bond acceptors (Lipinski definition) is 7. The van der Waals surface area contributed by atoms with Crippen LogP contribution >= 0.6 is 11.6 Å². The lowest BCUT2D eigenvalue weighted by Gasteiger charge is -2.29. The van der Waals surface area contributed by atoms with Crippen LogP contribution < -0.4 is 20.1 Å². The molecule has 2 amide bonds. The minimum atomic E-state index is -3.92. The Morgan fingerprint density at radius 2 is 1.69 bits per heavy atom. The number of rotatable bonds is 7. The van der Waals surface area contributed by atoms with Crippen molar-refractivity contribution in [3.05, 3.63) is 64.3 Å². The minimum absolute atomic E-state index is 0.00550. The fraction of sp³-hybridized carbons (Fsp3) is 0.238. The maximum Gasteiger partial charge on any atom is 0.338 e. The van der Waals surface area contributed by atoms with Crippen molar-refractivity contribution in [3.8, 4) is 11.5 Å². The predicted octanol–water partition coefficient (Wildman–Crippen LogP) is 2.61. The molecule has 32 heavy (non-hydrogen) atoms. The van der Waals surface area contributed by atoms with Gasteiger partial charge >= 0.3 is 12.0 Å². The first kappa shape index (κ1) is 23.4. The number of ether oxygens (including phenoxy) is 3. The molecule has 0 bridgehead atoms. The Balaban J connectivity index is 2.11. The molecule has 9 nitrogen and oxygen atoms in total. The average Bonchev–Trinajstić information content (AvgIpc) is 2.77. The molecule has 2 aromatic rings. The van der Waals surface area contributed by atoms with Crippen molar-refractivity contribution < 1.29 is 32.2 Å². The molecule has 0 aliphatic carbocycles. The van der Waals surface area contributed by atoms with Crippen molar-refractivity contribution in [2.75, 3.05) is 27.1 Å². The van der Waals surface area contributed by atoms with Crippen molar-refractivity contribution in [1.82, 2.24) is 10.6 Å². The topological polar surface area (TPSA) is 120 Å². The summed E-state index contributed by atoms with van der Waals surface area (Å²) in [5, 5.41) is 5.45. The minimum Gasteiger partial charge on any atom is -0.493 e. The van der Waals surface area contributed by atoms with Crippen LogP contribution in [0.25, 0.3) is 0 Å². The monoisotopic (exact) mass is 480 g/mol. The molecule has 0 saturated heterocycles. The molecular weight excluding hydrogens is 460 g/mol. The van der Waals surface area contributed by atoms with E-state index in [2.05, 4.69) is 10.6 Å². The smallest absolute Gasteiger partial charge is 0.338 e. The SMILES string of the molecule is COC(=O)C1=C(CS(=O)(=O)c2ccc(Cl)cc2)NC(=O)N[C@@H]1c1ccc(OC)c(OC)c1. The van der Waals surface area contributed by atoms with E-state index >= 15 is 0 Å². The predicted molar refractivity (Wildman–Crippen MR) is 117 cm³/mol. The second-order valence-corrected chi connectivity index (χ2v) is 9.17. The van der Waals surface area contributed by atoms with Gasteiger partial charge in [0.1, 0.15) is 0 Å². The van der Waals surface area contributed by atoms with Gasteiger partial charge in [-0.3, -0.25) is 0 Å². The van der Waals surface area contributed by atoms with Crippen molar-refractivity contribution in [2.24, 2.45) is 0 Å². The van der Waals surface area contributed by atoms with Crippen molar-refractivity contribution in [1.29, 1.82) is 0 Å². The van der Waals surface area contributed by atoms with Crippen LogP contribution in [0.2, 0.25) is 5.02 Å². The molecule has 3 rings (SSSR count). The van der Waals surface area contributed by atoms with Crippen molar-refractivity contribution >= 4 is 33.4 Å². The largest absolute Gasteiger partial charge is 0.493 e. The normalized spacial score (nSPS) is 16.1. The first-order chi connectivity index (χ1) is 15.2. The number of carbonyl (C=O) groups is 2. The van der Waals surface area contributed by atoms with Crippen LogP contribution in [0.4, 0.5) is 4.79 Å². The third-order valence-corrected chi connectivity index (χ3v) is 6.72. The van der Waals surface area contributed by atoms with Gasteiger partial charge in [-0.05, 0) is 42.0 Å². The van der Waals surface area contributed by atoms with Gasteiger partial charge in [-0.1, -0.05) is 17.7 Å². The van der Waals surface area contributed by atoms with Crippen LogP contribution in [0.5, 0.6) is 11.5 Å². The Morgan fingerprint density at radius 3 is 2.28 bits per heavy atom. The molecule has 0 spiro atoms. The maximum atomic E-state index is 13.0. The van der Waals surface area contributed by atoms with E-state index in [1.807, 2.05) is 0 Å². The number of amides is 2. The number of carbonyl (C=O) groups excluding carboxylic acids is 2. The molecule has 0 fully saturated rings. The van der Waals surface area contributed by atoms with E-state index in [0.717, 1.165) is 0 Å². The zero-order valence-corrected chi connectivity index (χ0v) is 19.0. The van der Waals surface area contributed by atoms with Crippen LogP contribution in [0, 0.1) is 0 Å². The van der Waals surface area contributed by atoms with Gasteiger partial charge in [-0.2, -0.15) is 0 Å². The average molecular weight is 481 g/mol. The summed E-state index contributed by atoms with van der Waals surface area (Å²) in [6.07, 6.45) is 0. The van der Waals surface area contributed by atoms with E-state index < -0.39 is 33.6 Å². The number of esters is 1. The first-order valence-corrected chi connectivity index (χ1v) is 11.3.